The van der Waals surface area contributed by atoms with Crippen LogP contribution in [0.4, 0.5) is 0 Å². The molecule has 1 aromatic heterocycles. The Hall–Kier alpha value is -1.36. The second-order valence-corrected chi connectivity index (χ2v) is 6.59. The Morgan fingerprint density at radius 3 is 2.67 bits per heavy atom. The largest absolute Gasteiger partial charge is 0.354 e. The van der Waals surface area contributed by atoms with Gasteiger partial charge in [-0.3, -0.25) is 9.48 Å². The molecule has 0 bridgehead atoms. The molecule has 1 amide bonds. The maximum absolute atomic E-state index is 12.0. The fourth-order valence-electron chi connectivity index (χ4n) is 3.78. The first-order valence-electron chi connectivity index (χ1n) is 8.11. The third-order valence-corrected chi connectivity index (χ3v) is 5.21. The van der Waals surface area contributed by atoms with E-state index in [-0.39, 0.29) is 5.91 Å². The molecule has 5 nitrogen and oxygen atoms in total. The van der Waals surface area contributed by atoms with Crippen molar-refractivity contribution >= 4 is 5.91 Å². The van der Waals surface area contributed by atoms with Gasteiger partial charge in [-0.2, -0.15) is 5.10 Å². The Kier molecular flexibility index (Phi) is 4.02. The van der Waals surface area contributed by atoms with Crippen molar-refractivity contribution in [3.8, 4) is 0 Å². The average molecular weight is 290 g/mol. The van der Waals surface area contributed by atoms with Gasteiger partial charge in [0.25, 0.3) is 5.91 Å². The number of amides is 1. The summed E-state index contributed by atoms with van der Waals surface area (Å²) in [6.07, 6.45) is 5.80. The van der Waals surface area contributed by atoms with Crippen molar-refractivity contribution in [1.29, 1.82) is 0 Å². The van der Waals surface area contributed by atoms with Gasteiger partial charge in [0.2, 0.25) is 0 Å². The highest BCUT2D eigenvalue weighted by Crippen LogP contribution is 2.29. The average Bonchev–Trinajstić information content (AvgIpc) is 2.84. The third kappa shape index (κ3) is 2.71. The SMILES string of the molecule is CNC(=O)c1nn(C)c2c1CC(N1CCC(C)CC1)CC2. The first-order valence-corrected chi connectivity index (χ1v) is 8.11. The van der Waals surface area contributed by atoms with E-state index in [9.17, 15) is 4.79 Å². The van der Waals surface area contributed by atoms with Crippen LogP contribution in [0, 0.1) is 5.92 Å². The van der Waals surface area contributed by atoms with Gasteiger partial charge >= 0.3 is 0 Å². The number of aryl methyl sites for hydroxylation is 1. The van der Waals surface area contributed by atoms with Gasteiger partial charge in [-0.1, -0.05) is 6.92 Å². The van der Waals surface area contributed by atoms with E-state index in [2.05, 4.69) is 22.2 Å². The fraction of sp³-hybridized carbons (Fsp3) is 0.750. The Balaban J connectivity index is 1.79. The lowest BCUT2D eigenvalue weighted by molar-refractivity contribution is 0.0954. The van der Waals surface area contributed by atoms with Crippen LogP contribution in [0.5, 0.6) is 0 Å². The maximum atomic E-state index is 12.0. The molecule has 2 heterocycles. The van der Waals surface area contributed by atoms with Gasteiger partial charge in [0.05, 0.1) is 0 Å². The lowest BCUT2D eigenvalue weighted by atomic mass is 9.88. The number of hydrogen-bond acceptors (Lipinski definition) is 3. The van der Waals surface area contributed by atoms with Crippen LogP contribution in [-0.4, -0.2) is 46.8 Å². The number of piperidine rings is 1. The number of nitrogens with one attached hydrogen (secondary N) is 1. The molecule has 5 heteroatoms. The van der Waals surface area contributed by atoms with E-state index in [1.54, 1.807) is 7.05 Å². The molecule has 116 valence electrons. The number of fused-ring (bicyclic) bond motifs is 1. The minimum Gasteiger partial charge on any atom is -0.354 e. The van der Waals surface area contributed by atoms with Gasteiger partial charge < -0.3 is 10.2 Å². The van der Waals surface area contributed by atoms with Gasteiger partial charge in [-0.25, -0.2) is 0 Å². The molecule has 3 rings (SSSR count). The molecule has 0 spiro atoms. The van der Waals surface area contributed by atoms with Crippen molar-refractivity contribution in [2.45, 2.75) is 45.1 Å². The van der Waals surface area contributed by atoms with Crippen molar-refractivity contribution in [3.63, 3.8) is 0 Å². The molecule has 21 heavy (non-hydrogen) atoms. The van der Waals surface area contributed by atoms with Gasteiger partial charge in [-0.15, -0.1) is 0 Å². The molecule has 1 aliphatic heterocycles. The quantitative estimate of drug-likeness (QED) is 0.895. The second-order valence-electron chi connectivity index (χ2n) is 6.59. The number of carbonyl (C=O) groups excluding carboxylic acids is 1. The zero-order valence-electron chi connectivity index (χ0n) is 13.4. The predicted molar refractivity (Wildman–Crippen MR) is 82.4 cm³/mol. The standard InChI is InChI=1S/C16H26N4O/c1-11-6-8-20(9-7-11)12-4-5-14-13(10-12)15(16(21)17-2)18-19(14)3/h11-12H,4-10H2,1-3H3,(H,17,21). The highest BCUT2D eigenvalue weighted by atomic mass is 16.1. The molecule has 0 saturated carbocycles. The van der Waals surface area contributed by atoms with Crippen molar-refractivity contribution in [2.75, 3.05) is 20.1 Å². The summed E-state index contributed by atoms with van der Waals surface area (Å²) in [4.78, 5) is 14.7. The highest BCUT2D eigenvalue weighted by Gasteiger charge is 2.31. The van der Waals surface area contributed by atoms with Gasteiger partial charge in [0.1, 0.15) is 0 Å². The second kappa shape index (κ2) is 5.79. The molecule has 0 aromatic carbocycles. The number of hydrogen-bond donors (Lipinski definition) is 1. The Morgan fingerprint density at radius 2 is 2.00 bits per heavy atom. The van der Waals surface area contributed by atoms with Gasteiger partial charge in [0.15, 0.2) is 5.69 Å². The molecular weight excluding hydrogens is 264 g/mol. The predicted octanol–water partition coefficient (Wildman–Crippen LogP) is 1.37. The van der Waals surface area contributed by atoms with E-state index in [1.165, 1.54) is 43.6 Å². The summed E-state index contributed by atoms with van der Waals surface area (Å²) in [6, 6.07) is 0.581. The van der Waals surface area contributed by atoms with E-state index < -0.39 is 0 Å². The third-order valence-electron chi connectivity index (χ3n) is 5.21. The summed E-state index contributed by atoms with van der Waals surface area (Å²) in [5.41, 5.74) is 3.05. The molecule has 1 unspecified atom stereocenters. The van der Waals surface area contributed by atoms with Crippen LogP contribution in [0.2, 0.25) is 0 Å². The lowest BCUT2D eigenvalue weighted by Gasteiger charge is -2.38. The minimum atomic E-state index is -0.0558. The zero-order chi connectivity index (χ0) is 15.0. The van der Waals surface area contributed by atoms with Crippen molar-refractivity contribution in [1.82, 2.24) is 20.0 Å². The van der Waals surface area contributed by atoms with Gasteiger partial charge in [0, 0.05) is 31.4 Å². The number of likely N-dealkylation sites (tertiary alicyclic amines) is 1. The van der Waals surface area contributed by atoms with E-state index in [4.69, 9.17) is 0 Å². The molecule has 1 saturated heterocycles. The van der Waals surface area contributed by atoms with Crippen molar-refractivity contribution in [2.24, 2.45) is 13.0 Å². The van der Waals surface area contributed by atoms with Gasteiger partial charge in [-0.05, 0) is 51.1 Å². The summed E-state index contributed by atoms with van der Waals surface area (Å²) >= 11 is 0. The van der Waals surface area contributed by atoms with Crippen LogP contribution >= 0.6 is 0 Å². The summed E-state index contributed by atoms with van der Waals surface area (Å²) in [7, 11) is 3.63. The topological polar surface area (TPSA) is 50.2 Å². The monoisotopic (exact) mass is 290 g/mol. The normalized spacial score (nSPS) is 23.9. The van der Waals surface area contributed by atoms with Crippen LogP contribution < -0.4 is 5.32 Å². The first-order chi connectivity index (χ1) is 10.1. The van der Waals surface area contributed by atoms with Crippen molar-refractivity contribution in [3.05, 3.63) is 17.0 Å². The number of aromatic nitrogens is 2. The smallest absolute Gasteiger partial charge is 0.271 e. The number of carbonyl (C=O) groups is 1. The summed E-state index contributed by atoms with van der Waals surface area (Å²) < 4.78 is 1.90. The molecule has 0 radical (unpaired) electrons. The van der Waals surface area contributed by atoms with E-state index in [0.29, 0.717) is 11.7 Å². The van der Waals surface area contributed by atoms with Crippen molar-refractivity contribution < 1.29 is 4.79 Å². The zero-order valence-corrected chi connectivity index (χ0v) is 13.4. The Bertz CT molecular complexity index is 529. The van der Waals surface area contributed by atoms with Crippen LogP contribution in [0.25, 0.3) is 0 Å². The molecular formula is C16H26N4O. The molecule has 1 N–H and O–H groups in total. The highest BCUT2D eigenvalue weighted by molar-refractivity contribution is 5.93. The minimum absolute atomic E-state index is 0.0558. The summed E-state index contributed by atoms with van der Waals surface area (Å²) in [5, 5.41) is 7.16. The van der Waals surface area contributed by atoms with Crippen LogP contribution in [0.3, 0.4) is 0 Å². The summed E-state index contributed by atoms with van der Waals surface area (Å²) in [6.45, 7) is 4.76. The first kappa shape index (κ1) is 14.6. The molecule has 1 aliphatic carbocycles. The van der Waals surface area contributed by atoms with E-state index >= 15 is 0 Å². The maximum Gasteiger partial charge on any atom is 0.271 e. The molecule has 2 aliphatic rings. The van der Waals surface area contributed by atoms with Crippen LogP contribution in [-0.2, 0) is 19.9 Å². The van der Waals surface area contributed by atoms with Crippen LogP contribution in [0.1, 0.15) is 47.9 Å². The molecule has 1 aromatic rings. The van der Waals surface area contributed by atoms with E-state index in [1.807, 2.05) is 11.7 Å². The lowest BCUT2D eigenvalue weighted by Crippen LogP contribution is -2.44. The molecule has 1 atom stereocenters. The van der Waals surface area contributed by atoms with E-state index in [0.717, 1.165) is 18.8 Å². The summed E-state index contributed by atoms with van der Waals surface area (Å²) in [5.74, 6) is 0.806. The molecule has 1 fully saturated rings. The fourth-order valence-corrected chi connectivity index (χ4v) is 3.78. The number of nitrogens with zero attached hydrogens (tertiary/aromatic N) is 3. The van der Waals surface area contributed by atoms with Crippen LogP contribution in [0.15, 0.2) is 0 Å². The Morgan fingerprint density at radius 1 is 1.29 bits per heavy atom. The number of rotatable bonds is 2. The Labute approximate surface area is 126 Å².